The van der Waals surface area contributed by atoms with Crippen molar-refractivity contribution in [2.24, 2.45) is 10.7 Å². The molecule has 0 saturated carbocycles. The lowest BCUT2D eigenvalue weighted by molar-refractivity contribution is 0.262. The molecule has 3 N–H and O–H groups in total. The van der Waals surface area contributed by atoms with Crippen molar-refractivity contribution in [2.75, 3.05) is 6.61 Å². The van der Waals surface area contributed by atoms with Crippen LogP contribution in [0.1, 0.15) is 29.7 Å². The highest BCUT2D eigenvalue weighted by atomic mass is 16.5. The number of hydrogen-bond acceptors (Lipinski definition) is 5. The molecule has 0 radical (unpaired) electrons. The average Bonchev–Trinajstić information content (AvgIpc) is 2.91. The molecule has 0 saturated heterocycles. The first-order chi connectivity index (χ1) is 10.2. The first kappa shape index (κ1) is 13.4. The van der Waals surface area contributed by atoms with Gasteiger partial charge in [-0.1, -0.05) is 23.4 Å². The lowest BCUT2D eigenvalue weighted by Gasteiger charge is -2.26. The highest BCUT2D eigenvalue weighted by Gasteiger charge is 2.21. The van der Waals surface area contributed by atoms with Crippen LogP contribution in [-0.2, 0) is 6.54 Å². The highest BCUT2D eigenvalue weighted by Crippen LogP contribution is 2.31. The van der Waals surface area contributed by atoms with Crippen LogP contribution in [0.4, 0.5) is 0 Å². The molecule has 1 aliphatic rings. The molecule has 1 aromatic carbocycles. The number of aliphatic imine (C=N–C) groups is 1. The maximum absolute atomic E-state index is 5.93. The van der Waals surface area contributed by atoms with Gasteiger partial charge in [0.2, 0.25) is 5.89 Å². The van der Waals surface area contributed by atoms with Crippen molar-refractivity contribution in [3.8, 4) is 5.75 Å². The van der Waals surface area contributed by atoms with E-state index in [-0.39, 0.29) is 6.04 Å². The molecule has 0 aliphatic carbocycles. The van der Waals surface area contributed by atoms with Gasteiger partial charge in [-0.3, -0.25) is 0 Å². The molecular weight excluding hydrogens is 270 g/mol. The summed E-state index contributed by atoms with van der Waals surface area (Å²) in [7, 11) is 0. The lowest BCUT2D eigenvalue weighted by atomic mass is 10.0. The van der Waals surface area contributed by atoms with Gasteiger partial charge in [0.25, 0.3) is 0 Å². The Morgan fingerprint density at radius 3 is 3.14 bits per heavy atom. The summed E-state index contributed by atoms with van der Waals surface area (Å²) in [6.07, 6.45) is 0.842. The van der Waals surface area contributed by atoms with Crippen molar-refractivity contribution in [3.05, 3.63) is 41.5 Å². The number of hydrogen-bond donors (Lipinski definition) is 2. The Morgan fingerprint density at radius 1 is 1.48 bits per heavy atom. The predicted octanol–water partition coefficient (Wildman–Crippen LogP) is 1.31. The molecule has 2 aromatic rings. The van der Waals surface area contributed by atoms with E-state index >= 15 is 0 Å². The number of rotatable bonds is 3. The molecule has 1 atom stereocenters. The maximum atomic E-state index is 5.93. The van der Waals surface area contributed by atoms with Gasteiger partial charge >= 0.3 is 0 Å². The Morgan fingerprint density at radius 2 is 2.33 bits per heavy atom. The molecule has 0 bridgehead atoms. The van der Waals surface area contributed by atoms with Gasteiger partial charge in [0.05, 0.1) is 12.6 Å². The normalized spacial score (nSPS) is 18.0. The van der Waals surface area contributed by atoms with Crippen LogP contribution in [-0.4, -0.2) is 22.7 Å². The molecule has 0 spiro atoms. The molecule has 3 rings (SSSR count). The van der Waals surface area contributed by atoms with Crippen molar-refractivity contribution in [1.29, 1.82) is 0 Å². The fraction of sp³-hybridized carbons (Fsp3) is 0.357. The van der Waals surface area contributed by atoms with E-state index in [4.69, 9.17) is 15.0 Å². The van der Waals surface area contributed by atoms with Crippen LogP contribution in [0.5, 0.6) is 5.75 Å². The molecule has 0 fully saturated rings. The zero-order valence-corrected chi connectivity index (χ0v) is 11.7. The van der Waals surface area contributed by atoms with E-state index in [9.17, 15) is 0 Å². The van der Waals surface area contributed by atoms with Gasteiger partial charge < -0.3 is 20.3 Å². The van der Waals surface area contributed by atoms with E-state index in [0.29, 0.717) is 30.8 Å². The number of nitrogens with one attached hydrogen (secondary N) is 1. The second-order valence-corrected chi connectivity index (χ2v) is 4.80. The summed E-state index contributed by atoms with van der Waals surface area (Å²) in [6.45, 7) is 2.69. The molecule has 1 unspecified atom stereocenters. The Bertz CT molecular complexity index is 652. The summed E-state index contributed by atoms with van der Waals surface area (Å²) in [4.78, 5) is 8.31. The molecule has 1 aliphatic heterocycles. The SMILES string of the molecule is Cc1nc(CN=C(N)NC2CCOc3ccccc32)no1. The summed E-state index contributed by atoms with van der Waals surface area (Å²) in [5, 5.41) is 6.99. The van der Waals surface area contributed by atoms with Crippen LogP contribution in [0.2, 0.25) is 0 Å². The Hall–Kier alpha value is -2.57. The minimum Gasteiger partial charge on any atom is -0.493 e. The fourth-order valence-corrected chi connectivity index (χ4v) is 2.28. The van der Waals surface area contributed by atoms with Crippen molar-refractivity contribution in [2.45, 2.75) is 25.9 Å². The molecular formula is C14H17N5O2. The van der Waals surface area contributed by atoms with E-state index in [1.807, 2.05) is 24.3 Å². The van der Waals surface area contributed by atoms with Crippen LogP contribution in [0.3, 0.4) is 0 Å². The quantitative estimate of drug-likeness (QED) is 0.652. The second-order valence-electron chi connectivity index (χ2n) is 4.80. The highest BCUT2D eigenvalue weighted by molar-refractivity contribution is 5.78. The van der Waals surface area contributed by atoms with Gasteiger partial charge in [-0.15, -0.1) is 0 Å². The van der Waals surface area contributed by atoms with Crippen molar-refractivity contribution < 1.29 is 9.26 Å². The third-order valence-electron chi connectivity index (χ3n) is 3.24. The van der Waals surface area contributed by atoms with E-state index < -0.39 is 0 Å². The van der Waals surface area contributed by atoms with E-state index in [2.05, 4.69) is 20.4 Å². The summed E-state index contributed by atoms with van der Waals surface area (Å²) in [5.74, 6) is 2.29. The largest absolute Gasteiger partial charge is 0.493 e. The Kier molecular flexibility index (Phi) is 3.72. The van der Waals surface area contributed by atoms with Crippen LogP contribution >= 0.6 is 0 Å². The monoisotopic (exact) mass is 287 g/mol. The molecule has 2 heterocycles. The van der Waals surface area contributed by atoms with E-state index in [1.54, 1.807) is 6.92 Å². The first-order valence-corrected chi connectivity index (χ1v) is 6.80. The second kappa shape index (κ2) is 5.82. The standard InChI is InChI=1S/C14H17N5O2/c1-9-17-13(19-21-9)8-16-14(15)18-11-6-7-20-12-5-3-2-4-10(11)12/h2-5,11H,6-8H2,1H3,(H3,15,16,18). The Balaban J connectivity index is 1.66. The summed E-state index contributed by atoms with van der Waals surface area (Å²) in [6, 6.07) is 8.03. The van der Waals surface area contributed by atoms with Crippen LogP contribution in [0.15, 0.2) is 33.8 Å². The first-order valence-electron chi connectivity index (χ1n) is 6.80. The number of aryl methyl sites for hydroxylation is 1. The summed E-state index contributed by atoms with van der Waals surface area (Å²) >= 11 is 0. The molecule has 7 nitrogen and oxygen atoms in total. The number of fused-ring (bicyclic) bond motifs is 1. The third kappa shape index (κ3) is 3.13. The number of benzene rings is 1. The fourth-order valence-electron chi connectivity index (χ4n) is 2.28. The topological polar surface area (TPSA) is 98.6 Å². The molecule has 0 amide bonds. The van der Waals surface area contributed by atoms with Gasteiger partial charge in [-0.25, -0.2) is 4.99 Å². The summed E-state index contributed by atoms with van der Waals surface area (Å²) < 4.78 is 10.5. The van der Waals surface area contributed by atoms with Gasteiger partial charge in [0, 0.05) is 18.9 Å². The molecule has 21 heavy (non-hydrogen) atoms. The predicted molar refractivity (Wildman–Crippen MR) is 76.8 cm³/mol. The van der Waals surface area contributed by atoms with Crippen LogP contribution < -0.4 is 15.8 Å². The van der Waals surface area contributed by atoms with E-state index in [0.717, 1.165) is 17.7 Å². The number of guanidine groups is 1. The molecule has 1 aromatic heterocycles. The number of ether oxygens (including phenoxy) is 1. The van der Waals surface area contributed by atoms with Crippen LogP contribution in [0.25, 0.3) is 0 Å². The zero-order valence-electron chi connectivity index (χ0n) is 11.7. The van der Waals surface area contributed by atoms with Gasteiger partial charge in [0.1, 0.15) is 12.3 Å². The molecule has 7 heteroatoms. The van der Waals surface area contributed by atoms with E-state index in [1.165, 1.54) is 0 Å². The Labute approximate surface area is 122 Å². The van der Waals surface area contributed by atoms with Crippen molar-refractivity contribution in [3.63, 3.8) is 0 Å². The average molecular weight is 287 g/mol. The minimum absolute atomic E-state index is 0.103. The van der Waals surface area contributed by atoms with Crippen LogP contribution in [0, 0.1) is 6.92 Å². The van der Waals surface area contributed by atoms with Gasteiger partial charge in [0.15, 0.2) is 11.8 Å². The number of para-hydroxylation sites is 1. The zero-order chi connectivity index (χ0) is 14.7. The van der Waals surface area contributed by atoms with Gasteiger partial charge in [-0.05, 0) is 6.07 Å². The number of nitrogens with two attached hydrogens (primary N) is 1. The van der Waals surface area contributed by atoms with Crippen molar-refractivity contribution in [1.82, 2.24) is 15.5 Å². The van der Waals surface area contributed by atoms with Gasteiger partial charge in [-0.2, -0.15) is 4.98 Å². The number of aromatic nitrogens is 2. The minimum atomic E-state index is 0.103. The van der Waals surface area contributed by atoms with Crippen molar-refractivity contribution >= 4 is 5.96 Å². The smallest absolute Gasteiger partial charge is 0.223 e. The lowest BCUT2D eigenvalue weighted by Crippen LogP contribution is -2.37. The molecule has 110 valence electrons. The third-order valence-corrected chi connectivity index (χ3v) is 3.24. The maximum Gasteiger partial charge on any atom is 0.223 e. The number of nitrogens with zero attached hydrogens (tertiary/aromatic N) is 3. The summed E-state index contributed by atoms with van der Waals surface area (Å²) in [5.41, 5.74) is 7.02.